The standard InChI is InChI=1S/C20H17F4N3O/c1-27(11-14-10-15(21)9-13-5-4-8-25-19(13)14)12-18(28)26-17-7-3-2-6-16(17)20(22,23)24/h2-10H,11-12H2,1H3,(H,26,28). The van der Waals surface area contributed by atoms with Crippen molar-refractivity contribution < 1.29 is 22.4 Å². The predicted molar refractivity (Wildman–Crippen MR) is 98.1 cm³/mol. The van der Waals surface area contributed by atoms with Gasteiger partial charge in [0, 0.05) is 18.1 Å². The molecule has 0 saturated carbocycles. The molecule has 0 aliphatic carbocycles. The summed E-state index contributed by atoms with van der Waals surface area (Å²) in [5, 5.41) is 2.93. The molecule has 8 heteroatoms. The number of halogens is 4. The van der Waals surface area contributed by atoms with Gasteiger partial charge in [-0.2, -0.15) is 13.2 Å². The summed E-state index contributed by atoms with van der Waals surface area (Å²) in [6.07, 6.45) is -2.98. The van der Waals surface area contributed by atoms with E-state index in [0.29, 0.717) is 16.5 Å². The van der Waals surface area contributed by atoms with Crippen LogP contribution in [0.2, 0.25) is 0 Å². The highest BCUT2D eigenvalue weighted by Gasteiger charge is 2.33. The van der Waals surface area contributed by atoms with Crippen molar-refractivity contribution in [3.8, 4) is 0 Å². The molecule has 1 aromatic heterocycles. The molecule has 3 rings (SSSR count). The molecule has 0 atom stereocenters. The number of carbonyl (C=O) groups is 1. The minimum absolute atomic E-state index is 0.170. The van der Waals surface area contributed by atoms with Crippen molar-refractivity contribution in [3.05, 3.63) is 71.7 Å². The Morgan fingerprint density at radius 3 is 2.64 bits per heavy atom. The number of hydrogen-bond acceptors (Lipinski definition) is 3. The van der Waals surface area contributed by atoms with E-state index < -0.39 is 23.5 Å². The Balaban J connectivity index is 1.71. The van der Waals surface area contributed by atoms with Crippen LogP contribution in [0.5, 0.6) is 0 Å². The molecular weight excluding hydrogens is 374 g/mol. The lowest BCUT2D eigenvalue weighted by Crippen LogP contribution is -2.30. The number of nitrogens with one attached hydrogen (secondary N) is 1. The zero-order valence-corrected chi connectivity index (χ0v) is 14.9. The molecule has 0 unspecified atom stereocenters. The Labute approximate surface area is 158 Å². The van der Waals surface area contributed by atoms with Gasteiger partial charge in [0.1, 0.15) is 5.82 Å². The maximum Gasteiger partial charge on any atom is 0.418 e. The van der Waals surface area contributed by atoms with Gasteiger partial charge in [0.2, 0.25) is 5.91 Å². The van der Waals surface area contributed by atoms with E-state index in [0.717, 1.165) is 6.07 Å². The van der Waals surface area contributed by atoms with E-state index in [1.165, 1.54) is 30.3 Å². The second-order valence-corrected chi connectivity index (χ2v) is 6.40. The van der Waals surface area contributed by atoms with Crippen molar-refractivity contribution in [2.75, 3.05) is 18.9 Å². The topological polar surface area (TPSA) is 45.2 Å². The molecule has 0 bridgehead atoms. The number of benzene rings is 2. The maximum atomic E-state index is 13.8. The predicted octanol–water partition coefficient (Wildman–Crippen LogP) is 4.46. The molecule has 28 heavy (non-hydrogen) atoms. The molecule has 3 aromatic rings. The van der Waals surface area contributed by atoms with E-state index in [4.69, 9.17) is 0 Å². The SMILES string of the molecule is CN(CC(=O)Nc1ccccc1C(F)(F)F)Cc1cc(F)cc2cccnc12. The molecule has 1 heterocycles. The minimum Gasteiger partial charge on any atom is -0.324 e. The van der Waals surface area contributed by atoms with Gasteiger partial charge in [-0.25, -0.2) is 4.39 Å². The van der Waals surface area contributed by atoms with Gasteiger partial charge in [0.15, 0.2) is 0 Å². The summed E-state index contributed by atoms with van der Waals surface area (Å²) in [6, 6.07) is 10.9. The van der Waals surface area contributed by atoms with Crippen LogP contribution in [-0.4, -0.2) is 29.4 Å². The van der Waals surface area contributed by atoms with Gasteiger partial charge >= 0.3 is 6.18 Å². The largest absolute Gasteiger partial charge is 0.418 e. The third-order valence-corrected chi connectivity index (χ3v) is 4.11. The highest BCUT2D eigenvalue weighted by molar-refractivity contribution is 5.93. The number of para-hydroxylation sites is 1. The molecule has 0 aliphatic rings. The van der Waals surface area contributed by atoms with Crippen molar-refractivity contribution in [1.29, 1.82) is 0 Å². The van der Waals surface area contributed by atoms with Crippen LogP contribution < -0.4 is 5.32 Å². The highest BCUT2D eigenvalue weighted by atomic mass is 19.4. The summed E-state index contributed by atoms with van der Waals surface area (Å²) in [5.41, 5.74) is -0.0160. The van der Waals surface area contributed by atoms with Crippen LogP contribution >= 0.6 is 0 Å². The fourth-order valence-corrected chi connectivity index (χ4v) is 2.97. The van der Waals surface area contributed by atoms with Crippen molar-refractivity contribution in [3.63, 3.8) is 0 Å². The van der Waals surface area contributed by atoms with Crippen LogP contribution in [0.15, 0.2) is 54.7 Å². The zero-order chi connectivity index (χ0) is 20.3. The summed E-state index contributed by atoms with van der Waals surface area (Å²) in [4.78, 5) is 18.0. The van der Waals surface area contributed by atoms with E-state index in [2.05, 4.69) is 10.3 Å². The number of fused-ring (bicyclic) bond motifs is 1. The number of alkyl halides is 3. The second-order valence-electron chi connectivity index (χ2n) is 6.40. The number of rotatable bonds is 5. The summed E-state index contributed by atoms with van der Waals surface area (Å²) in [5.74, 6) is -1.03. The van der Waals surface area contributed by atoms with Gasteiger partial charge in [0.25, 0.3) is 0 Å². The third kappa shape index (κ3) is 4.64. The summed E-state index contributed by atoms with van der Waals surface area (Å²) in [6.45, 7) is 0.0383. The number of hydrogen-bond donors (Lipinski definition) is 1. The maximum absolute atomic E-state index is 13.8. The fourth-order valence-electron chi connectivity index (χ4n) is 2.97. The van der Waals surface area contributed by atoms with Gasteiger partial charge < -0.3 is 5.32 Å². The molecule has 1 N–H and O–H groups in total. The molecule has 0 fully saturated rings. The Bertz CT molecular complexity index is 1000. The number of aromatic nitrogens is 1. The highest BCUT2D eigenvalue weighted by Crippen LogP contribution is 2.34. The number of likely N-dealkylation sites (N-methyl/N-ethyl adjacent to an activating group) is 1. The number of pyridine rings is 1. The summed E-state index contributed by atoms with van der Waals surface area (Å²) >= 11 is 0. The lowest BCUT2D eigenvalue weighted by atomic mass is 10.1. The Morgan fingerprint density at radius 1 is 1.14 bits per heavy atom. The van der Waals surface area contributed by atoms with E-state index in [1.807, 2.05) is 0 Å². The first kappa shape index (κ1) is 19.8. The van der Waals surface area contributed by atoms with E-state index in [9.17, 15) is 22.4 Å². The molecular formula is C20H17F4N3O. The lowest BCUT2D eigenvalue weighted by molar-refractivity contribution is -0.137. The van der Waals surface area contributed by atoms with E-state index >= 15 is 0 Å². The molecule has 146 valence electrons. The lowest BCUT2D eigenvalue weighted by Gasteiger charge is -2.18. The van der Waals surface area contributed by atoms with Crippen LogP contribution in [0.25, 0.3) is 10.9 Å². The summed E-state index contributed by atoms with van der Waals surface area (Å²) in [7, 11) is 1.62. The molecule has 0 spiro atoms. The third-order valence-electron chi connectivity index (χ3n) is 4.11. The van der Waals surface area contributed by atoms with Crippen LogP contribution in [0.3, 0.4) is 0 Å². The molecule has 0 radical (unpaired) electrons. The number of nitrogens with zero attached hydrogens (tertiary/aromatic N) is 2. The van der Waals surface area contributed by atoms with Crippen molar-refractivity contribution >= 4 is 22.5 Å². The summed E-state index contributed by atoms with van der Waals surface area (Å²) < 4.78 is 52.9. The van der Waals surface area contributed by atoms with Crippen molar-refractivity contribution in [1.82, 2.24) is 9.88 Å². The normalized spacial score (nSPS) is 11.8. The Hall–Kier alpha value is -3.00. The molecule has 2 aromatic carbocycles. The van der Waals surface area contributed by atoms with E-state index in [1.54, 1.807) is 30.3 Å². The average molecular weight is 391 g/mol. The number of anilines is 1. The van der Waals surface area contributed by atoms with Gasteiger partial charge in [-0.3, -0.25) is 14.7 Å². The van der Waals surface area contributed by atoms with Crippen LogP contribution in [0.4, 0.5) is 23.2 Å². The first-order chi connectivity index (χ1) is 13.2. The smallest absolute Gasteiger partial charge is 0.324 e. The molecule has 4 nitrogen and oxygen atoms in total. The first-order valence-electron chi connectivity index (χ1n) is 8.42. The van der Waals surface area contributed by atoms with E-state index in [-0.39, 0.29) is 18.8 Å². The van der Waals surface area contributed by atoms with Crippen molar-refractivity contribution in [2.45, 2.75) is 12.7 Å². The zero-order valence-electron chi connectivity index (χ0n) is 14.9. The van der Waals surface area contributed by atoms with Crippen LogP contribution in [0.1, 0.15) is 11.1 Å². The van der Waals surface area contributed by atoms with Crippen LogP contribution in [0, 0.1) is 5.82 Å². The number of carbonyl (C=O) groups excluding carboxylic acids is 1. The molecule has 0 aliphatic heterocycles. The average Bonchev–Trinajstić information content (AvgIpc) is 2.60. The molecule has 1 amide bonds. The van der Waals surface area contributed by atoms with Crippen molar-refractivity contribution in [2.24, 2.45) is 0 Å². The quantitative estimate of drug-likeness (QED) is 0.653. The Kier molecular flexibility index (Phi) is 5.60. The van der Waals surface area contributed by atoms with Gasteiger partial charge in [-0.05, 0) is 42.9 Å². The monoisotopic (exact) mass is 391 g/mol. The Morgan fingerprint density at radius 2 is 1.89 bits per heavy atom. The second kappa shape index (κ2) is 7.93. The minimum atomic E-state index is -4.57. The van der Waals surface area contributed by atoms with Gasteiger partial charge in [-0.1, -0.05) is 18.2 Å². The fraction of sp³-hybridized carbons (Fsp3) is 0.200. The van der Waals surface area contributed by atoms with Crippen LogP contribution in [-0.2, 0) is 17.5 Å². The van der Waals surface area contributed by atoms with Gasteiger partial charge in [-0.15, -0.1) is 0 Å². The number of amides is 1. The van der Waals surface area contributed by atoms with Gasteiger partial charge in [0.05, 0.1) is 23.3 Å². The molecule has 0 saturated heterocycles. The first-order valence-corrected chi connectivity index (χ1v) is 8.42.